The van der Waals surface area contributed by atoms with Crippen LogP contribution in [0, 0.1) is 36.0 Å². The number of anilines is 1. The van der Waals surface area contributed by atoms with Crippen molar-refractivity contribution in [2.45, 2.75) is 32.6 Å². The summed E-state index contributed by atoms with van der Waals surface area (Å²) in [5.41, 5.74) is 6.81. The molecule has 2 aliphatic carbocycles. The summed E-state index contributed by atoms with van der Waals surface area (Å²) in [6.07, 6.45) is 2.05. The average Bonchev–Trinajstić information content (AvgIpc) is 3.78. The lowest BCUT2D eigenvalue weighted by atomic mass is 9.51. The largest absolute Gasteiger partial charge is 0.502 e. The van der Waals surface area contributed by atoms with Gasteiger partial charge in [-0.2, -0.15) is 10.00 Å². The molecular weight excluding hydrogens is 710 g/mol. The second-order valence-electron chi connectivity index (χ2n) is 14.0. The predicted molar refractivity (Wildman–Crippen MR) is 191 cm³/mol. The molecule has 0 spiro atoms. The van der Waals surface area contributed by atoms with Crippen LogP contribution in [0.5, 0.6) is 17.2 Å². The lowest BCUT2D eigenvalue weighted by molar-refractivity contribution is -0.136. The van der Waals surface area contributed by atoms with Gasteiger partial charge in [0.15, 0.2) is 11.5 Å². The first-order chi connectivity index (χ1) is 24.7. The number of aromatic nitrogens is 2. The highest BCUT2D eigenvalue weighted by molar-refractivity contribution is 7.22. The molecule has 0 bridgehead atoms. The number of rotatable bonds is 5. The number of imide groups is 4. The minimum Gasteiger partial charge on any atom is -0.502 e. The number of hydrogen-bond donors (Lipinski definition) is 2. The maximum atomic E-state index is 15.1. The lowest BCUT2D eigenvalue weighted by Gasteiger charge is -2.49. The van der Waals surface area contributed by atoms with Crippen LogP contribution in [-0.2, 0) is 26.2 Å². The van der Waals surface area contributed by atoms with Crippen LogP contribution in [-0.4, -0.2) is 63.7 Å². The molecule has 4 aliphatic rings. The number of amides is 6. The zero-order valence-corrected chi connectivity index (χ0v) is 30.4. The summed E-state index contributed by atoms with van der Waals surface area (Å²) in [5.74, 6) is -6.39. The van der Waals surface area contributed by atoms with E-state index in [4.69, 9.17) is 31.9 Å². The Labute approximate surface area is 306 Å². The number of nitrogens with zero attached hydrogens (tertiary/aromatic N) is 4. The number of carbonyl (C=O) groups excluding carboxylic acids is 5. The van der Waals surface area contributed by atoms with Crippen molar-refractivity contribution in [1.82, 2.24) is 14.7 Å². The maximum Gasteiger partial charge on any atom is 0.328 e. The molecule has 6 amide bonds. The van der Waals surface area contributed by atoms with Crippen molar-refractivity contribution in [2.24, 2.45) is 41.9 Å². The smallest absolute Gasteiger partial charge is 0.328 e. The van der Waals surface area contributed by atoms with Crippen molar-refractivity contribution in [3.05, 3.63) is 64.2 Å². The monoisotopic (exact) mass is 743 g/mol. The Balaban J connectivity index is 1.28. The molecule has 6 unspecified atom stereocenters. The number of benzene rings is 2. The summed E-state index contributed by atoms with van der Waals surface area (Å²) < 4.78 is 13.5. The van der Waals surface area contributed by atoms with Gasteiger partial charge in [0.2, 0.25) is 29.4 Å². The Bertz CT molecular complexity index is 2310. The van der Waals surface area contributed by atoms with Crippen molar-refractivity contribution in [3.8, 4) is 27.8 Å². The Kier molecular flexibility index (Phi) is 7.60. The molecule has 2 aromatic carbocycles. The minimum absolute atomic E-state index is 0.0694. The molecule has 8 rings (SSSR count). The lowest BCUT2D eigenvalue weighted by Crippen LogP contribution is -2.49. The van der Waals surface area contributed by atoms with Gasteiger partial charge >= 0.3 is 6.03 Å². The van der Waals surface area contributed by atoms with Gasteiger partial charge in [-0.1, -0.05) is 23.3 Å². The topological polar surface area (TPSA) is 174 Å². The zero-order valence-electron chi connectivity index (χ0n) is 28.8. The van der Waals surface area contributed by atoms with Gasteiger partial charge in [-0.05, 0) is 79.5 Å². The summed E-state index contributed by atoms with van der Waals surface area (Å²) in [4.78, 5) is 71.7. The number of fused-ring (bicyclic) bond motifs is 5. The fourth-order valence-corrected chi connectivity index (χ4v) is 10.4. The number of hydrogen-bond acceptors (Lipinski definition) is 10. The van der Waals surface area contributed by atoms with Gasteiger partial charge in [0.25, 0.3) is 0 Å². The van der Waals surface area contributed by atoms with E-state index in [0.29, 0.717) is 26.8 Å². The first-order valence-electron chi connectivity index (χ1n) is 16.7. The molecule has 268 valence electrons. The van der Waals surface area contributed by atoms with Gasteiger partial charge in [-0.3, -0.25) is 23.9 Å². The summed E-state index contributed by atoms with van der Waals surface area (Å²) in [7, 11) is 4.44. The van der Waals surface area contributed by atoms with E-state index in [0.717, 1.165) is 20.5 Å². The SMILES string of the molecule is COc1cc(C2C3=CCC4C(=O)N(C(N)=O)C(=O)C4C3CC3C(=O)N(c4cc(-c5sc6ccc(Cl)cc6c5C)nn4C)C(=O)C32C)cc(OC)c1O. The highest BCUT2D eigenvalue weighted by Gasteiger charge is 2.68. The second kappa shape index (κ2) is 11.7. The Hall–Kier alpha value is -5.21. The molecule has 2 aliphatic heterocycles. The third-order valence-electron chi connectivity index (χ3n) is 11.5. The molecular formula is C37H34ClN5O8S. The maximum absolute atomic E-state index is 15.1. The number of nitrogens with two attached hydrogens (primary N) is 1. The van der Waals surface area contributed by atoms with E-state index < -0.39 is 64.7 Å². The number of aromatic hydroxyl groups is 1. The standard InChI is InChI=1S/C37H34ClN5O8S/c1-15-20-12-17(38)6-9-26(20)52-31(15)23-14-27(41(3)40-23)42-33(46)22-13-21-18(7-8-19-28(21)34(47)43(32(19)45)36(39)49)29(37(22,2)35(42)48)16-10-24(50-4)30(44)25(11-16)51-5/h6-7,9-12,14,19,21-22,28-29,44H,8,13H2,1-5H3,(H2,39,49). The van der Waals surface area contributed by atoms with E-state index in [2.05, 4.69) is 0 Å². The molecule has 3 N–H and O–H groups in total. The van der Waals surface area contributed by atoms with Crippen LogP contribution in [0.4, 0.5) is 10.6 Å². The van der Waals surface area contributed by atoms with E-state index in [1.165, 1.54) is 35.1 Å². The highest BCUT2D eigenvalue weighted by atomic mass is 35.5. The molecule has 15 heteroatoms. The fourth-order valence-electron chi connectivity index (χ4n) is 9.13. The number of ether oxygens (including phenoxy) is 2. The Morgan fingerprint density at radius 1 is 1.04 bits per heavy atom. The van der Waals surface area contributed by atoms with E-state index in [1.807, 2.05) is 31.2 Å². The quantitative estimate of drug-likeness (QED) is 0.203. The number of phenols is 1. The van der Waals surface area contributed by atoms with E-state index in [1.54, 1.807) is 32.2 Å². The number of urea groups is 1. The molecule has 6 atom stereocenters. The van der Waals surface area contributed by atoms with Crippen molar-refractivity contribution >= 4 is 68.5 Å². The number of likely N-dealkylation sites (tertiary alicyclic amines) is 1. The number of phenolic OH excluding ortho intramolecular Hbond substituents is 1. The first-order valence-corrected chi connectivity index (χ1v) is 17.9. The summed E-state index contributed by atoms with van der Waals surface area (Å²) in [5, 5.41) is 17.2. The van der Waals surface area contributed by atoms with Gasteiger partial charge in [0.1, 0.15) is 11.5 Å². The number of methoxy groups -OCH3 is 2. The summed E-state index contributed by atoms with van der Waals surface area (Å²) in [6.45, 7) is 3.72. The molecule has 2 aromatic heterocycles. The van der Waals surface area contributed by atoms with Crippen LogP contribution in [0.15, 0.2) is 48.0 Å². The average molecular weight is 744 g/mol. The van der Waals surface area contributed by atoms with Crippen LogP contribution in [0.1, 0.15) is 36.8 Å². The fraction of sp³-hybridized carbons (Fsp3) is 0.351. The normalized spacial score (nSPS) is 26.8. The van der Waals surface area contributed by atoms with Gasteiger partial charge in [0, 0.05) is 28.8 Å². The number of aryl methyl sites for hydroxylation is 2. The first kappa shape index (κ1) is 33.9. The molecule has 0 radical (unpaired) electrons. The summed E-state index contributed by atoms with van der Waals surface area (Å²) in [6, 6.07) is 9.42. The van der Waals surface area contributed by atoms with Crippen molar-refractivity contribution in [3.63, 3.8) is 0 Å². The molecule has 4 aromatic rings. The molecule has 4 heterocycles. The van der Waals surface area contributed by atoms with Gasteiger partial charge in [-0.25, -0.2) is 9.69 Å². The molecule has 52 heavy (non-hydrogen) atoms. The van der Waals surface area contributed by atoms with Gasteiger partial charge in [0.05, 0.1) is 42.3 Å². The van der Waals surface area contributed by atoms with Crippen LogP contribution in [0.2, 0.25) is 5.02 Å². The van der Waals surface area contributed by atoms with Crippen molar-refractivity contribution in [2.75, 3.05) is 19.1 Å². The Morgan fingerprint density at radius 3 is 2.38 bits per heavy atom. The number of halogens is 1. The summed E-state index contributed by atoms with van der Waals surface area (Å²) >= 11 is 7.82. The van der Waals surface area contributed by atoms with Crippen molar-refractivity contribution < 1.29 is 38.6 Å². The minimum atomic E-state index is -1.40. The predicted octanol–water partition coefficient (Wildman–Crippen LogP) is 5.30. The number of thiophene rings is 1. The molecule has 1 saturated carbocycles. The third kappa shape index (κ3) is 4.46. The van der Waals surface area contributed by atoms with E-state index in [9.17, 15) is 24.3 Å². The van der Waals surface area contributed by atoms with E-state index in [-0.39, 0.29) is 35.9 Å². The van der Waals surface area contributed by atoms with Gasteiger partial charge in [-0.15, -0.1) is 11.3 Å². The van der Waals surface area contributed by atoms with Crippen LogP contribution >= 0.6 is 22.9 Å². The highest BCUT2D eigenvalue weighted by Crippen LogP contribution is 2.64. The number of carbonyl (C=O) groups is 5. The van der Waals surface area contributed by atoms with E-state index >= 15 is 4.79 Å². The number of allylic oxidation sites excluding steroid dienone is 2. The molecule has 13 nitrogen and oxygen atoms in total. The van der Waals surface area contributed by atoms with Crippen LogP contribution < -0.4 is 20.1 Å². The Morgan fingerprint density at radius 2 is 1.73 bits per heavy atom. The molecule has 2 saturated heterocycles. The van der Waals surface area contributed by atoms with Crippen LogP contribution in [0.3, 0.4) is 0 Å². The van der Waals surface area contributed by atoms with Crippen molar-refractivity contribution in [1.29, 1.82) is 0 Å². The number of primary amides is 1. The zero-order chi connectivity index (χ0) is 37.1. The third-order valence-corrected chi connectivity index (χ3v) is 13.1. The molecule has 3 fully saturated rings. The van der Waals surface area contributed by atoms with Crippen LogP contribution in [0.25, 0.3) is 20.7 Å². The van der Waals surface area contributed by atoms with Gasteiger partial charge < -0.3 is 20.3 Å². The second-order valence-corrected chi connectivity index (χ2v) is 15.5.